The lowest BCUT2D eigenvalue weighted by Gasteiger charge is -2.35. The van der Waals surface area contributed by atoms with E-state index in [1.54, 1.807) is 22.1 Å². The van der Waals surface area contributed by atoms with Gasteiger partial charge in [0, 0.05) is 55.9 Å². The number of hydrogen-bond donors (Lipinski definition) is 0. The van der Waals surface area contributed by atoms with Crippen molar-refractivity contribution in [3.8, 4) is 17.3 Å². The van der Waals surface area contributed by atoms with Crippen LogP contribution in [-0.4, -0.2) is 63.1 Å². The number of carbonyl (C=O) groups is 2. The number of ether oxygens (including phenoxy) is 2. The fraction of sp³-hybridized carbons (Fsp3) is 0.270. The van der Waals surface area contributed by atoms with E-state index in [9.17, 15) is 14.0 Å². The molecule has 0 spiro atoms. The van der Waals surface area contributed by atoms with Gasteiger partial charge in [0.1, 0.15) is 22.7 Å². The summed E-state index contributed by atoms with van der Waals surface area (Å²) in [6.45, 7) is 8.62. The van der Waals surface area contributed by atoms with Crippen LogP contribution in [0.5, 0.6) is 11.6 Å². The zero-order valence-electron chi connectivity index (χ0n) is 26.5. The molecule has 0 N–H and O–H groups in total. The van der Waals surface area contributed by atoms with Gasteiger partial charge < -0.3 is 19.3 Å². The molecule has 236 valence electrons. The van der Waals surface area contributed by atoms with E-state index in [1.807, 2.05) is 99.0 Å². The second-order valence-electron chi connectivity index (χ2n) is 12.4. The molecule has 1 aliphatic rings. The van der Waals surface area contributed by atoms with Crippen LogP contribution in [0.1, 0.15) is 48.0 Å². The van der Waals surface area contributed by atoms with Crippen molar-refractivity contribution in [2.75, 3.05) is 26.2 Å². The number of piperazine rings is 1. The highest BCUT2D eigenvalue weighted by Gasteiger charge is 2.34. The third-order valence-electron chi connectivity index (χ3n) is 7.93. The summed E-state index contributed by atoms with van der Waals surface area (Å²) in [6, 6.07) is 25.9. The van der Waals surface area contributed by atoms with E-state index in [2.05, 4.69) is 0 Å². The Bertz CT molecular complexity index is 1880. The highest BCUT2D eigenvalue weighted by molar-refractivity contribution is 6.11. The van der Waals surface area contributed by atoms with Crippen molar-refractivity contribution in [2.45, 2.75) is 39.7 Å². The summed E-state index contributed by atoms with van der Waals surface area (Å²) in [5.74, 6) is -0.108. The van der Waals surface area contributed by atoms with E-state index in [1.165, 1.54) is 12.1 Å². The minimum absolute atomic E-state index is 0.246. The van der Waals surface area contributed by atoms with Crippen LogP contribution in [0.4, 0.5) is 9.18 Å². The van der Waals surface area contributed by atoms with Crippen LogP contribution >= 0.6 is 0 Å². The monoisotopic (exact) mass is 620 g/mol. The maximum Gasteiger partial charge on any atom is 0.410 e. The van der Waals surface area contributed by atoms with Crippen molar-refractivity contribution < 1.29 is 23.5 Å². The minimum Gasteiger partial charge on any atom is -0.444 e. The van der Waals surface area contributed by atoms with Crippen LogP contribution < -0.4 is 4.74 Å². The van der Waals surface area contributed by atoms with E-state index < -0.39 is 17.5 Å². The van der Waals surface area contributed by atoms with Gasteiger partial charge in [-0.3, -0.25) is 14.3 Å². The molecule has 9 heteroatoms. The molecule has 0 saturated carbocycles. The largest absolute Gasteiger partial charge is 0.444 e. The number of rotatable bonds is 6. The summed E-state index contributed by atoms with van der Waals surface area (Å²) in [6.07, 6.45) is 1.84. The van der Waals surface area contributed by atoms with Gasteiger partial charge in [0.05, 0.1) is 11.2 Å². The van der Waals surface area contributed by atoms with Crippen LogP contribution in [-0.2, 0) is 11.2 Å². The fourth-order valence-electron chi connectivity index (χ4n) is 5.69. The predicted molar refractivity (Wildman–Crippen MR) is 175 cm³/mol. The Labute approximate surface area is 268 Å². The Morgan fingerprint density at radius 1 is 0.870 bits per heavy atom. The second kappa shape index (κ2) is 12.7. The van der Waals surface area contributed by atoms with Gasteiger partial charge in [-0.25, -0.2) is 9.18 Å². The minimum atomic E-state index is -0.615. The smallest absolute Gasteiger partial charge is 0.410 e. The van der Waals surface area contributed by atoms with Crippen LogP contribution in [0.3, 0.4) is 0 Å². The lowest BCUT2D eigenvalue weighted by atomic mass is 10.1. The highest BCUT2D eigenvalue weighted by Crippen LogP contribution is 2.41. The van der Waals surface area contributed by atoms with Crippen LogP contribution in [0.15, 0.2) is 91.1 Å². The van der Waals surface area contributed by atoms with Gasteiger partial charge in [-0.05, 0) is 63.1 Å². The number of pyridine rings is 1. The number of amides is 2. The number of aromatic nitrogens is 2. The molecule has 1 fully saturated rings. The quantitative estimate of drug-likeness (QED) is 0.196. The number of hydrogen-bond acceptors (Lipinski definition) is 5. The summed E-state index contributed by atoms with van der Waals surface area (Å²) < 4.78 is 28.6. The normalized spacial score (nSPS) is 13.6. The lowest BCUT2D eigenvalue weighted by molar-refractivity contribution is 0.0140. The highest BCUT2D eigenvalue weighted by atomic mass is 19.1. The average Bonchev–Trinajstić information content (AvgIpc) is 3.37. The summed E-state index contributed by atoms with van der Waals surface area (Å²) in [5, 5.41) is 0.674. The summed E-state index contributed by atoms with van der Waals surface area (Å²) in [5.41, 5.74) is 3.80. The average molecular weight is 621 g/mol. The summed E-state index contributed by atoms with van der Waals surface area (Å²) in [4.78, 5) is 35.5. The van der Waals surface area contributed by atoms with Gasteiger partial charge in [0.25, 0.3) is 5.91 Å². The maximum atomic E-state index is 14.6. The van der Waals surface area contributed by atoms with Crippen LogP contribution in [0.2, 0.25) is 0 Å². The van der Waals surface area contributed by atoms with Crippen molar-refractivity contribution in [1.29, 1.82) is 0 Å². The van der Waals surface area contributed by atoms with Gasteiger partial charge >= 0.3 is 6.09 Å². The van der Waals surface area contributed by atoms with Gasteiger partial charge in [-0.2, -0.15) is 0 Å². The SMILES string of the molecule is Cc1ccc(F)cc1Oc1c(C(=O)N2CCN(C(=O)OC(C)(C)C)CC2)c2ccnc(Cc3ccccc3)c2n1-c1ccccc1. The van der Waals surface area contributed by atoms with Gasteiger partial charge in [-0.1, -0.05) is 54.6 Å². The number of para-hydroxylation sites is 1. The first-order valence-electron chi connectivity index (χ1n) is 15.4. The van der Waals surface area contributed by atoms with E-state index in [0.29, 0.717) is 49.3 Å². The molecule has 0 aliphatic carbocycles. The molecular formula is C37H37FN4O4. The molecule has 3 aromatic carbocycles. The molecule has 6 rings (SSSR count). The standard InChI is InChI=1S/C37H37FN4O4/c1-25-15-16-27(38)24-31(25)45-35-32(34(43)40-19-21-41(22-20-40)36(44)46-37(2,3)4)29-17-18-39-30(23-26-11-7-5-8-12-26)33(29)42(35)28-13-9-6-10-14-28/h5-18,24H,19-23H2,1-4H3. The molecule has 0 unspecified atom stereocenters. The Balaban J connectivity index is 1.49. The molecular weight excluding hydrogens is 583 g/mol. The molecule has 1 aliphatic heterocycles. The van der Waals surface area contributed by atoms with E-state index in [4.69, 9.17) is 14.5 Å². The summed E-state index contributed by atoms with van der Waals surface area (Å²) >= 11 is 0. The third-order valence-corrected chi connectivity index (χ3v) is 7.93. The zero-order chi connectivity index (χ0) is 32.4. The predicted octanol–water partition coefficient (Wildman–Crippen LogP) is 7.55. The first kappa shape index (κ1) is 30.8. The third kappa shape index (κ3) is 6.44. The lowest BCUT2D eigenvalue weighted by Crippen LogP contribution is -2.51. The molecule has 2 amide bonds. The van der Waals surface area contributed by atoms with E-state index in [0.717, 1.165) is 28.0 Å². The Morgan fingerprint density at radius 2 is 1.52 bits per heavy atom. The molecule has 5 aromatic rings. The zero-order valence-corrected chi connectivity index (χ0v) is 26.5. The molecule has 0 bridgehead atoms. The Morgan fingerprint density at radius 3 is 2.20 bits per heavy atom. The Hall–Kier alpha value is -5.18. The Kier molecular flexibility index (Phi) is 8.49. The first-order chi connectivity index (χ1) is 22.1. The van der Waals surface area contributed by atoms with Crippen LogP contribution in [0, 0.1) is 12.7 Å². The fourth-order valence-corrected chi connectivity index (χ4v) is 5.69. The molecule has 8 nitrogen and oxygen atoms in total. The molecule has 2 aromatic heterocycles. The first-order valence-corrected chi connectivity index (χ1v) is 15.4. The molecule has 46 heavy (non-hydrogen) atoms. The van der Waals surface area contributed by atoms with E-state index >= 15 is 0 Å². The summed E-state index contributed by atoms with van der Waals surface area (Å²) in [7, 11) is 0. The molecule has 3 heterocycles. The number of nitrogens with zero attached hydrogens (tertiary/aromatic N) is 4. The second-order valence-corrected chi connectivity index (χ2v) is 12.4. The van der Waals surface area contributed by atoms with Crippen molar-refractivity contribution in [3.63, 3.8) is 0 Å². The van der Waals surface area contributed by atoms with Crippen LogP contribution in [0.25, 0.3) is 16.6 Å². The molecule has 0 atom stereocenters. The topological polar surface area (TPSA) is 76.9 Å². The molecule has 1 saturated heterocycles. The van der Waals surface area contributed by atoms with Gasteiger partial charge in [0.2, 0.25) is 5.88 Å². The maximum absolute atomic E-state index is 14.6. The van der Waals surface area contributed by atoms with Crippen molar-refractivity contribution in [2.24, 2.45) is 0 Å². The molecule has 0 radical (unpaired) electrons. The number of halogens is 1. The van der Waals surface area contributed by atoms with Crippen molar-refractivity contribution in [3.05, 3.63) is 119 Å². The van der Waals surface area contributed by atoms with Crippen molar-refractivity contribution >= 4 is 22.9 Å². The number of carbonyl (C=O) groups excluding carboxylic acids is 2. The number of aryl methyl sites for hydroxylation is 1. The van der Waals surface area contributed by atoms with Crippen molar-refractivity contribution in [1.82, 2.24) is 19.4 Å². The van der Waals surface area contributed by atoms with Gasteiger partial charge in [0.15, 0.2) is 0 Å². The van der Waals surface area contributed by atoms with Gasteiger partial charge in [-0.15, -0.1) is 0 Å². The van der Waals surface area contributed by atoms with E-state index in [-0.39, 0.29) is 11.8 Å². The number of fused-ring (bicyclic) bond motifs is 1. The number of benzene rings is 3.